The minimum Gasteiger partial charge on any atom is -0.466 e. The Balaban J connectivity index is 1.57. The quantitative estimate of drug-likeness (QED) is 0.116. The molecule has 1 aliphatic heterocycles. The SMILES string of the molecule is CCOC(=O)CCC[N+](C)(C)CCCCN1C=CC(C)(C=CC=CN(C(C)=O)c2ccccc2)c2ccccc21. The zero-order valence-corrected chi connectivity index (χ0v) is 24.9. The van der Waals surface area contributed by atoms with Crippen molar-refractivity contribution in [3.63, 3.8) is 0 Å². The highest BCUT2D eigenvalue weighted by molar-refractivity contribution is 5.93. The number of nitrogens with zero attached hydrogens (tertiary/aromatic N) is 3. The number of quaternary nitrogens is 1. The molecule has 2 aromatic rings. The van der Waals surface area contributed by atoms with E-state index in [-0.39, 0.29) is 17.3 Å². The van der Waals surface area contributed by atoms with Crippen LogP contribution in [0, 0.1) is 0 Å². The molecule has 6 nitrogen and oxygen atoms in total. The molecule has 214 valence electrons. The van der Waals surface area contributed by atoms with Crippen molar-refractivity contribution < 1.29 is 18.8 Å². The summed E-state index contributed by atoms with van der Waals surface area (Å²) in [5, 5.41) is 0. The molecule has 1 aliphatic rings. The number of esters is 1. The molecule has 1 heterocycles. The highest BCUT2D eigenvalue weighted by Gasteiger charge is 2.28. The topological polar surface area (TPSA) is 49.9 Å². The molecule has 0 fully saturated rings. The maximum Gasteiger partial charge on any atom is 0.305 e. The summed E-state index contributed by atoms with van der Waals surface area (Å²) < 4.78 is 5.96. The fraction of sp³-hybridized carbons (Fsp3) is 0.412. The first-order valence-corrected chi connectivity index (χ1v) is 14.4. The highest BCUT2D eigenvalue weighted by atomic mass is 16.5. The van der Waals surface area contributed by atoms with Gasteiger partial charge in [0.15, 0.2) is 0 Å². The molecule has 1 amide bonds. The molecule has 6 heteroatoms. The zero-order chi connectivity index (χ0) is 29.0. The van der Waals surface area contributed by atoms with Crippen LogP contribution in [0.3, 0.4) is 0 Å². The second kappa shape index (κ2) is 14.7. The highest BCUT2D eigenvalue weighted by Crippen LogP contribution is 2.39. The van der Waals surface area contributed by atoms with E-state index in [9.17, 15) is 9.59 Å². The Hall–Kier alpha value is -3.64. The number of para-hydroxylation sites is 2. The van der Waals surface area contributed by atoms with Crippen molar-refractivity contribution in [3.05, 3.63) is 96.9 Å². The van der Waals surface area contributed by atoms with E-state index >= 15 is 0 Å². The van der Waals surface area contributed by atoms with Crippen molar-refractivity contribution in [2.45, 2.75) is 51.9 Å². The lowest BCUT2D eigenvalue weighted by atomic mass is 9.79. The molecular formula is C34H46N3O3+. The molecule has 2 aromatic carbocycles. The fourth-order valence-electron chi connectivity index (χ4n) is 5.11. The van der Waals surface area contributed by atoms with E-state index in [1.165, 1.54) is 11.3 Å². The third kappa shape index (κ3) is 8.95. The van der Waals surface area contributed by atoms with Crippen LogP contribution in [0.2, 0.25) is 0 Å². The summed E-state index contributed by atoms with van der Waals surface area (Å²) in [6, 6.07) is 18.3. The summed E-state index contributed by atoms with van der Waals surface area (Å²) in [5.41, 5.74) is 3.11. The number of benzene rings is 2. The molecule has 1 unspecified atom stereocenters. The van der Waals surface area contributed by atoms with E-state index in [0.29, 0.717) is 13.0 Å². The number of ether oxygens (including phenoxy) is 1. The summed E-state index contributed by atoms with van der Waals surface area (Å²) >= 11 is 0. The van der Waals surface area contributed by atoms with Crippen molar-refractivity contribution in [2.24, 2.45) is 0 Å². The summed E-state index contributed by atoms with van der Waals surface area (Å²) in [5.74, 6) is -0.124. The number of fused-ring (bicyclic) bond motifs is 1. The number of allylic oxidation sites excluding steroid dienone is 4. The number of rotatable bonds is 14. The van der Waals surface area contributed by atoms with Crippen LogP contribution in [0.25, 0.3) is 0 Å². The lowest BCUT2D eigenvalue weighted by Gasteiger charge is -2.36. The van der Waals surface area contributed by atoms with Gasteiger partial charge in [0.05, 0.1) is 40.2 Å². The van der Waals surface area contributed by atoms with Gasteiger partial charge in [-0.05, 0) is 56.5 Å². The second-order valence-corrected chi connectivity index (χ2v) is 11.2. The standard InChI is InChI=1S/C34H46N3O3/c1-6-40-33(39)21-16-28-37(4,5)27-15-14-24-35-26-23-34(3,31-19-10-11-20-32(31)35)22-12-13-25-36(29(2)38)30-17-8-7-9-18-30/h7-13,17-20,22-23,25-26H,6,14-16,21,24,27-28H2,1-5H3/q+1. The third-order valence-corrected chi connectivity index (χ3v) is 7.42. The molecule has 0 aromatic heterocycles. The van der Waals surface area contributed by atoms with Crippen LogP contribution in [0.4, 0.5) is 11.4 Å². The van der Waals surface area contributed by atoms with Crippen LogP contribution >= 0.6 is 0 Å². The van der Waals surface area contributed by atoms with Gasteiger partial charge in [0.1, 0.15) is 0 Å². The van der Waals surface area contributed by atoms with Gasteiger partial charge in [-0.25, -0.2) is 0 Å². The molecule has 0 radical (unpaired) electrons. The van der Waals surface area contributed by atoms with Gasteiger partial charge in [-0.1, -0.05) is 54.6 Å². The number of hydrogen-bond donors (Lipinski definition) is 0. The van der Waals surface area contributed by atoms with Crippen LogP contribution in [0.5, 0.6) is 0 Å². The van der Waals surface area contributed by atoms with Crippen LogP contribution in [0.15, 0.2) is 91.3 Å². The first kappa shape index (κ1) is 30.9. The number of unbranched alkanes of at least 4 members (excludes halogenated alkanes) is 1. The van der Waals surface area contributed by atoms with Crippen molar-refractivity contribution in [1.82, 2.24) is 0 Å². The lowest BCUT2D eigenvalue weighted by Crippen LogP contribution is -2.41. The Morgan fingerprint density at radius 1 is 0.975 bits per heavy atom. The van der Waals surface area contributed by atoms with Gasteiger partial charge in [-0.15, -0.1) is 0 Å². The average Bonchev–Trinajstić information content (AvgIpc) is 2.93. The number of carbonyl (C=O) groups excluding carboxylic acids is 2. The Kier molecular flexibility index (Phi) is 11.3. The smallest absolute Gasteiger partial charge is 0.305 e. The van der Waals surface area contributed by atoms with Crippen molar-refractivity contribution >= 4 is 23.3 Å². The molecule has 0 bridgehead atoms. The molecule has 0 saturated carbocycles. The zero-order valence-electron chi connectivity index (χ0n) is 24.9. The van der Waals surface area contributed by atoms with E-state index < -0.39 is 0 Å². The molecule has 1 atom stereocenters. The number of anilines is 2. The summed E-state index contributed by atoms with van der Waals surface area (Å²) in [6.07, 6.45) is 16.0. The van der Waals surface area contributed by atoms with Crippen molar-refractivity contribution in [1.29, 1.82) is 0 Å². The van der Waals surface area contributed by atoms with Gasteiger partial charge in [0, 0.05) is 49.1 Å². The van der Waals surface area contributed by atoms with Crippen LogP contribution in [-0.4, -0.2) is 56.7 Å². The predicted molar refractivity (Wildman–Crippen MR) is 165 cm³/mol. The molecule has 0 N–H and O–H groups in total. The van der Waals surface area contributed by atoms with Gasteiger partial charge in [0.25, 0.3) is 0 Å². The average molecular weight is 545 g/mol. The summed E-state index contributed by atoms with van der Waals surface area (Å²) in [7, 11) is 4.48. The molecule has 40 heavy (non-hydrogen) atoms. The first-order valence-electron chi connectivity index (χ1n) is 14.4. The van der Waals surface area contributed by atoms with Gasteiger partial charge in [-0.3, -0.25) is 14.5 Å². The fourth-order valence-corrected chi connectivity index (χ4v) is 5.11. The number of hydrogen-bond acceptors (Lipinski definition) is 4. The van der Waals surface area contributed by atoms with E-state index in [1.807, 2.05) is 55.6 Å². The van der Waals surface area contributed by atoms with Crippen LogP contribution in [-0.2, 0) is 19.7 Å². The van der Waals surface area contributed by atoms with E-state index in [2.05, 4.69) is 68.5 Å². The third-order valence-electron chi connectivity index (χ3n) is 7.42. The van der Waals surface area contributed by atoms with E-state index in [0.717, 1.165) is 49.1 Å². The molecule has 3 rings (SSSR count). The van der Waals surface area contributed by atoms with Gasteiger partial charge in [-0.2, -0.15) is 0 Å². The Morgan fingerprint density at radius 3 is 2.40 bits per heavy atom. The monoisotopic (exact) mass is 544 g/mol. The van der Waals surface area contributed by atoms with Gasteiger partial charge in [0.2, 0.25) is 5.91 Å². The number of amides is 1. The Bertz CT molecular complexity index is 1200. The maximum atomic E-state index is 12.2. The first-order chi connectivity index (χ1) is 19.1. The lowest BCUT2D eigenvalue weighted by molar-refractivity contribution is -0.890. The maximum absolute atomic E-state index is 12.2. The normalized spacial score (nSPS) is 16.9. The van der Waals surface area contributed by atoms with Crippen molar-refractivity contribution in [2.75, 3.05) is 50.1 Å². The largest absolute Gasteiger partial charge is 0.466 e. The summed E-state index contributed by atoms with van der Waals surface area (Å²) in [6.45, 7) is 9.10. The predicted octanol–water partition coefficient (Wildman–Crippen LogP) is 6.60. The second-order valence-electron chi connectivity index (χ2n) is 11.2. The Morgan fingerprint density at radius 2 is 1.68 bits per heavy atom. The van der Waals surface area contributed by atoms with E-state index in [4.69, 9.17) is 4.74 Å². The number of carbonyl (C=O) groups is 2. The molecule has 0 saturated heterocycles. The van der Waals surface area contributed by atoms with Crippen LogP contribution in [0.1, 0.15) is 52.0 Å². The molecule has 0 spiro atoms. The van der Waals surface area contributed by atoms with Crippen LogP contribution < -0.4 is 9.80 Å². The van der Waals surface area contributed by atoms with Gasteiger partial charge >= 0.3 is 5.97 Å². The van der Waals surface area contributed by atoms with Gasteiger partial charge < -0.3 is 14.1 Å². The van der Waals surface area contributed by atoms with E-state index in [1.54, 1.807) is 11.8 Å². The van der Waals surface area contributed by atoms with Crippen molar-refractivity contribution in [3.8, 4) is 0 Å². The molecular weight excluding hydrogens is 498 g/mol. The minimum atomic E-state index is -0.247. The molecule has 0 aliphatic carbocycles. The Labute approximate surface area is 240 Å². The summed E-state index contributed by atoms with van der Waals surface area (Å²) in [4.78, 5) is 27.8. The minimum absolute atomic E-state index is 0.0283.